The van der Waals surface area contributed by atoms with Crippen LogP contribution >= 0.6 is 11.3 Å². The van der Waals surface area contributed by atoms with Gasteiger partial charge in [0.05, 0.1) is 6.61 Å². The van der Waals surface area contributed by atoms with Gasteiger partial charge in [0, 0.05) is 15.6 Å². The first-order valence-corrected chi connectivity index (χ1v) is 7.34. The molecule has 0 bridgehead atoms. The summed E-state index contributed by atoms with van der Waals surface area (Å²) in [5, 5.41) is 4.53. The molecular weight excluding hydrogens is 258 g/mol. The molecule has 4 heteroatoms. The normalized spacial score (nSPS) is 14.3. The third kappa shape index (κ3) is 3.33. The first-order chi connectivity index (χ1) is 9.11. The molecule has 3 nitrogen and oxygen atoms in total. The Labute approximate surface area is 117 Å². The Morgan fingerprint density at radius 1 is 1.37 bits per heavy atom. The van der Waals surface area contributed by atoms with Crippen LogP contribution in [0.5, 0.6) is 0 Å². The van der Waals surface area contributed by atoms with Crippen molar-refractivity contribution in [3.8, 4) is 0 Å². The second kappa shape index (κ2) is 6.17. The minimum absolute atomic E-state index is 0.136. The molecule has 0 aliphatic heterocycles. The molecule has 0 aliphatic rings. The quantitative estimate of drug-likeness (QED) is 0.850. The zero-order chi connectivity index (χ0) is 13.8. The SMILES string of the molecule is CCOC(=O)C(C)NC(C)c1cc2ccccc2s1. The number of esters is 1. The molecule has 1 aromatic carbocycles. The van der Waals surface area contributed by atoms with E-state index in [0.717, 1.165) is 0 Å². The lowest BCUT2D eigenvalue weighted by atomic mass is 10.2. The average molecular weight is 277 g/mol. The standard InChI is InChI=1S/C15H19NO2S/c1-4-18-15(17)11(3)16-10(2)14-9-12-7-5-6-8-13(12)19-14/h5-11,16H,4H2,1-3H3. The molecule has 19 heavy (non-hydrogen) atoms. The molecule has 2 unspecified atom stereocenters. The van der Waals surface area contributed by atoms with Gasteiger partial charge in [0.2, 0.25) is 0 Å². The number of fused-ring (bicyclic) bond motifs is 1. The van der Waals surface area contributed by atoms with Gasteiger partial charge >= 0.3 is 5.97 Å². The number of nitrogens with one attached hydrogen (secondary N) is 1. The minimum Gasteiger partial charge on any atom is -0.465 e. The number of benzene rings is 1. The summed E-state index contributed by atoms with van der Waals surface area (Å²) in [6, 6.07) is 10.3. The van der Waals surface area contributed by atoms with E-state index in [-0.39, 0.29) is 18.1 Å². The first kappa shape index (κ1) is 14.0. The molecule has 1 heterocycles. The van der Waals surface area contributed by atoms with Gasteiger partial charge in [-0.3, -0.25) is 10.1 Å². The van der Waals surface area contributed by atoms with Gasteiger partial charge in [-0.05, 0) is 38.3 Å². The van der Waals surface area contributed by atoms with E-state index in [1.807, 2.05) is 26.0 Å². The zero-order valence-corrected chi connectivity index (χ0v) is 12.3. The van der Waals surface area contributed by atoms with Crippen molar-refractivity contribution in [3.05, 3.63) is 35.2 Å². The number of carbonyl (C=O) groups is 1. The number of hydrogen-bond donors (Lipinski definition) is 1. The van der Waals surface area contributed by atoms with Crippen molar-refractivity contribution in [3.63, 3.8) is 0 Å². The van der Waals surface area contributed by atoms with Gasteiger partial charge in [0.1, 0.15) is 6.04 Å². The van der Waals surface area contributed by atoms with E-state index in [1.165, 1.54) is 15.0 Å². The molecule has 1 aromatic heterocycles. The summed E-state index contributed by atoms with van der Waals surface area (Å²) in [5.74, 6) is -0.199. The number of rotatable bonds is 5. The summed E-state index contributed by atoms with van der Waals surface area (Å²) in [6.45, 7) is 6.14. The second-order valence-electron chi connectivity index (χ2n) is 4.55. The van der Waals surface area contributed by atoms with Gasteiger partial charge in [-0.2, -0.15) is 0 Å². The van der Waals surface area contributed by atoms with Crippen LogP contribution < -0.4 is 5.32 Å². The number of carbonyl (C=O) groups excluding carboxylic acids is 1. The molecule has 2 rings (SSSR count). The van der Waals surface area contributed by atoms with Crippen LogP contribution in [0.4, 0.5) is 0 Å². The van der Waals surface area contributed by atoms with E-state index in [2.05, 4.69) is 30.4 Å². The maximum atomic E-state index is 11.6. The Bertz CT molecular complexity index is 531. The molecule has 2 aromatic rings. The molecule has 2 atom stereocenters. The van der Waals surface area contributed by atoms with Crippen molar-refractivity contribution >= 4 is 27.4 Å². The monoisotopic (exact) mass is 277 g/mol. The maximum absolute atomic E-state index is 11.6. The molecule has 102 valence electrons. The summed E-state index contributed by atoms with van der Waals surface area (Å²) >= 11 is 1.76. The maximum Gasteiger partial charge on any atom is 0.322 e. The van der Waals surface area contributed by atoms with Crippen LogP contribution in [-0.4, -0.2) is 18.6 Å². The van der Waals surface area contributed by atoms with Crippen LogP contribution in [0.3, 0.4) is 0 Å². The van der Waals surface area contributed by atoms with Gasteiger partial charge in [-0.1, -0.05) is 18.2 Å². The van der Waals surface area contributed by atoms with Gasteiger partial charge < -0.3 is 4.74 Å². The predicted molar refractivity (Wildman–Crippen MR) is 79.5 cm³/mol. The Morgan fingerprint density at radius 2 is 2.11 bits per heavy atom. The highest BCUT2D eigenvalue weighted by Crippen LogP contribution is 2.29. The van der Waals surface area contributed by atoms with Crippen LogP contribution in [0.2, 0.25) is 0 Å². The Hall–Kier alpha value is -1.39. The zero-order valence-electron chi connectivity index (χ0n) is 11.5. The van der Waals surface area contributed by atoms with Crippen molar-refractivity contribution in [2.24, 2.45) is 0 Å². The largest absolute Gasteiger partial charge is 0.465 e. The second-order valence-corrected chi connectivity index (χ2v) is 5.66. The molecule has 0 saturated carbocycles. The van der Waals surface area contributed by atoms with Crippen LogP contribution in [0, 0.1) is 0 Å². The fraction of sp³-hybridized carbons (Fsp3) is 0.400. The van der Waals surface area contributed by atoms with Crippen molar-refractivity contribution in [2.45, 2.75) is 32.9 Å². The van der Waals surface area contributed by atoms with Crippen LogP contribution in [-0.2, 0) is 9.53 Å². The molecular formula is C15H19NO2S. The highest BCUT2D eigenvalue weighted by atomic mass is 32.1. The van der Waals surface area contributed by atoms with Crippen LogP contribution in [0.15, 0.2) is 30.3 Å². The van der Waals surface area contributed by atoms with Crippen molar-refractivity contribution < 1.29 is 9.53 Å². The van der Waals surface area contributed by atoms with E-state index in [1.54, 1.807) is 11.3 Å². The number of hydrogen-bond acceptors (Lipinski definition) is 4. The number of thiophene rings is 1. The summed E-state index contributed by atoms with van der Waals surface area (Å²) in [7, 11) is 0. The highest BCUT2D eigenvalue weighted by molar-refractivity contribution is 7.19. The van der Waals surface area contributed by atoms with Gasteiger partial charge in [-0.15, -0.1) is 11.3 Å². The van der Waals surface area contributed by atoms with Gasteiger partial charge in [-0.25, -0.2) is 0 Å². The van der Waals surface area contributed by atoms with E-state index < -0.39 is 0 Å². The Morgan fingerprint density at radius 3 is 2.79 bits per heavy atom. The summed E-state index contributed by atoms with van der Waals surface area (Å²) in [5.41, 5.74) is 0. The first-order valence-electron chi connectivity index (χ1n) is 6.53. The van der Waals surface area contributed by atoms with E-state index in [0.29, 0.717) is 6.61 Å². The molecule has 0 fully saturated rings. The average Bonchev–Trinajstić information content (AvgIpc) is 2.82. The molecule has 1 N–H and O–H groups in total. The molecule has 0 saturated heterocycles. The molecule has 0 spiro atoms. The van der Waals surface area contributed by atoms with Gasteiger partial charge in [0.15, 0.2) is 0 Å². The van der Waals surface area contributed by atoms with E-state index in [9.17, 15) is 4.79 Å². The van der Waals surface area contributed by atoms with Crippen LogP contribution in [0.1, 0.15) is 31.7 Å². The smallest absolute Gasteiger partial charge is 0.322 e. The lowest BCUT2D eigenvalue weighted by Gasteiger charge is -2.17. The minimum atomic E-state index is -0.292. The molecule has 0 amide bonds. The Kier molecular flexibility index (Phi) is 4.56. The lowest BCUT2D eigenvalue weighted by molar-refractivity contribution is -0.145. The third-order valence-electron chi connectivity index (χ3n) is 3.01. The van der Waals surface area contributed by atoms with Crippen LogP contribution in [0.25, 0.3) is 10.1 Å². The summed E-state index contributed by atoms with van der Waals surface area (Å²) in [6.07, 6.45) is 0. The predicted octanol–water partition coefficient (Wildman–Crippen LogP) is 3.50. The number of ether oxygens (including phenoxy) is 1. The molecule has 0 radical (unpaired) electrons. The van der Waals surface area contributed by atoms with Crippen molar-refractivity contribution in [2.75, 3.05) is 6.61 Å². The molecule has 0 aliphatic carbocycles. The van der Waals surface area contributed by atoms with Crippen molar-refractivity contribution in [1.82, 2.24) is 5.32 Å². The third-order valence-corrected chi connectivity index (χ3v) is 4.31. The summed E-state index contributed by atoms with van der Waals surface area (Å²) in [4.78, 5) is 12.8. The summed E-state index contributed by atoms with van der Waals surface area (Å²) < 4.78 is 6.27. The highest BCUT2D eigenvalue weighted by Gasteiger charge is 2.18. The fourth-order valence-electron chi connectivity index (χ4n) is 2.01. The van der Waals surface area contributed by atoms with E-state index in [4.69, 9.17) is 4.74 Å². The van der Waals surface area contributed by atoms with E-state index >= 15 is 0 Å². The Balaban J connectivity index is 2.07. The fourth-order valence-corrected chi connectivity index (χ4v) is 3.08. The van der Waals surface area contributed by atoms with Crippen molar-refractivity contribution in [1.29, 1.82) is 0 Å². The topological polar surface area (TPSA) is 38.3 Å². The lowest BCUT2D eigenvalue weighted by Crippen LogP contribution is -2.36. The van der Waals surface area contributed by atoms with Gasteiger partial charge in [0.25, 0.3) is 0 Å².